The smallest absolute Gasteiger partial charge is 0.376 e. The molecule has 1 heterocycles. The van der Waals surface area contributed by atoms with Crippen LogP contribution in [0.25, 0.3) is 0 Å². The van der Waals surface area contributed by atoms with Crippen molar-refractivity contribution in [2.45, 2.75) is 72.9 Å². The molecule has 0 aromatic rings. The lowest BCUT2D eigenvalue weighted by Gasteiger charge is -2.43. The Morgan fingerprint density at radius 2 is 0.971 bits per heavy atom. The first-order valence-electron chi connectivity index (χ1n) is 8.31. The van der Waals surface area contributed by atoms with Crippen molar-refractivity contribution >= 4 is 0 Å². The highest BCUT2D eigenvalue weighted by atomic mass is 19.4. The lowest BCUT2D eigenvalue weighted by Crippen LogP contribution is -2.74. The van der Waals surface area contributed by atoms with Crippen molar-refractivity contribution in [2.75, 3.05) is 13.2 Å². The molecule has 0 aliphatic carbocycles. The van der Waals surface area contributed by atoms with Crippen LogP contribution in [0.5, 0.6) is 0 Å². The van der Waals surface area contributed by atoms with Crippen LogP contribution in [0.4, 0.5) is 79.0 Å². The van der Waals surface area contributed by atoms with E-state index in [4.69, 9.17) is 0 Å². The average Bonchev–Trinajstić information content (AvgIpc) is 2.57. The van der Waals surface area contributed by atoms with E-state index in [0.29, 0.717) is 0 Å². The fourth-order valence-corrected chi connectivity index (χ4v) is 2.21. The highest BCUT2D eigenvalue weighted by Crippen LogP contribution is 2.64. The highest BCUT2D eigenvalue weighted by Gasteiger charge is 2.95. The third kappa shape index (κ3) is 4.47. The Hall–Kier alpha value is -1.34. The number of halogens is 18. The third-order valence-electron chi connectivity index (χ3n) is 4.46. The van der Waals surface area contributed by atoms with Gasteiger partial charge in [0, 0.05) is 6.61 Å². The molecule has 0 amide bonds. The second kappa shape index (κ2) is 8.65. The zero-order valence-electron chi connectivity index (χ0n) is 15.6. The maximum atomic E-state index is 13.5. The SMILES string of the molecule is FC(CC(F)(F)C(F)(F)C(F)(F)C(F)(F)C(F)(F)C(F)(F)C(F)(F)C(F)(F)F)OCC1CCO1. The molecule has 1 rings (SSSR count). The van der Waals surface area contributed by atoms with Gasteiger partial charge < -0.3 is 9.47 Å². The molecule has 0 aromatic carbocycles. The van der Waals surface area contributed by atoms with Gasteiger partial charge in [0.05, 0.1) is 19.1 Å². The van der Waals surface area contributed by atoms with Crippen molar-refractivity contribution in [3.05, 3.63) is 0 Å². The predicted octanol–water partition coefficient (Wildman–Crippen LogP) is 6.49. The molecule has 1 aliphatic rings. The van der Waals surface area contributed by atoms with Gasteiger partial charge in [-0.1, -0.05) is 0 Å². The van der Waals surface area contributed by atoms with E-state index < -0.39 is 73.1 Å². The van der Waals surface area contributed by atoms with Crippen LogP contribution in [-0.2, 0) is 9.47 Å². The molecule has 2 atom stereocenters. The zero-order valence-corrected chi connectivity index (χ0v) is 15.6. The molecule has 1 fully saturated rings. The number of rotatable bonds is 11. The molecule has 204 valence electrons. The number of ether oxygens (including phenoxy) is 2. The van der Waals surface area contributed by atoms with Gasteiger partial charge in [-0.3, -0.25) is 0 Å². The quantitative estimate of drug-likeness (QED) is 0.273. The van der Waals surface area contributed by atoms with Gasteiger partial charge in [0.25, 0.3) is 0 Å². The van der Waals surface area contributed by atoms with E-state index in [-0.39, 0.29) is 13.0 Å². The molecule has 1 saturated heterocycles. The Kier molecular flexibility index (Phi) is 7.81. The average molecular weight is 552 g/mol. The normalized spacial score (nSPS) is 20.8. The minimum absolute atomic E-state index is 0.0622. The van der Waals surface area contributed by atoms with Crippen molar-refractivity contribution in [3.63, 3.8) is 0 Å². The predicted molar refractivity (Wildman–Crippen MR) is 70.5 cm³/mol. The van der Waals surface area contributed by atoms with E-state index in [1.165, 1.54) is 0 Å². The van der Waals surface area contributed by atoms with Gasteiger partial charge >= 0.3 is 47.6 Å². The molecule has 0 radical (unpaired) electrons. The molecule has 0 bridgehead atoms. The standard InChI is InChI=1S/C14H10F18O2/c15-6(34-4-5-1-2-33-5)3-7(16,17)8(18,19)9(20,21)10(22,23)11(24,25)12(26,27)13(28,29)14(30,31)32/h5-6H,1-4H2. The van der Waals surface area contributed by atoms with Gasteiger partial charge in [0.1, 0.15) is 0 Å². The number of hydrogen-bond acceptors (Lipinski definition) is 2. The second-order valence-corrected chi connectivity index (χ2v) is 6.88. The van der Waals surface area contributed by atoms with Crippen molar-refractivity contribution in [3.8, 4) is 0 Å². The molecule has 0 aromatic heterocycles. The van der Waals surface area contributed by atoms with Crippen LogP contribution in [0.1, 0.15) is 12.8 Å². The van der Waals surface area contributed by atoms with Crippen LogP contribution < -0.4 is 0 Å². The summed E-state index contributed by atoms with van der Waals surface area (Å²) >= 11 is 0. The first-order chi connectivity index (χ1) is 14.7. The lowest BCUT2D eigenvalue weighted by molar-refractivity contribution is -0.462. The van der Waals surface area contributed by atoms with Crippen LogP contribution in [-0.4, -0.2) is 73.3 Å². The van der Waals surface area contributed by atoms with E-state index in [9.17, 15) is 79.0 Å². The van der Waals surface area contributed by atoms with Crippen molar-refractivity contribution in [1.29, 1.82) is 0 Å². The fourth-order valence-electron chi connectivity index (χ4n) is 2.21. The minimum Gasteiger partial charge on any atom is -0.376 e. The fraction of sp³-hybridized carbons (Fsp3) is 1.00. The largest absolute Gasteiger partial charge is 0.460 e. The van der Waals surface area contributed by atoms with Crippen LogP contribution in [0.2, 0.25) is 0 Å². The summed E-state index contributed by atoms with van der Waals surface area (Å²) in [6.07, 6.45) is -15.6. The lowest BCUT2D eigenvalue weighted by atomic mass is 9.88. The zero-order chi connectivity index (χ0) is 27.4. The number of hydrogen-bond donors (Lipinski definition) is 0. The monoisotopic (exact) mass is 552 g/mol. The summed E-state index contributed by atoms with van der Waals surface area (Å²) in [7, 11) is 0. The summed E-state index contributed by atoms with van der Waals surface area (Å²) in [5.74, 6) is -57.4. The van der Waals surface area contributed by atoms with E-state index in [1.54, 1.807) is 0 Å². The molecule has 0 saturated carbocycles. The van der Waals surface area contributed by atoms with E-state index in [2.05, 4.69) is 9.47 Å². The summed E-state index contributed by atoms with van der Waals surface area (Å²) in [6.45, 7) is -0.904. The summed E-state index contributed by atoms with van der Waals surface area (Å²) in [5, 5.41) is 0. The van der Waals surface area contributed by atoms with Crippen LogP contribution in [0.3, 0.4) is 0 Å². The van der Waals surface area contributed by atoms with Gasteiger partial charge in [-0.2, -0.15) is 74.6 Å². The van der Waals surface area contributed by atoms with Crippen molar-refractivity contribution in [2.24, 2.45) is 0 Å². The van der Waals surface area contributed by atoms with E-state index in [0.717, 1.165) is 0 Å². The number of alkyl halides is 18. The van der Waals surface area contributed by atoms with Crippen molar-refractivity contribution in [1.82, 2.24) is 0 Å². The molecule has 34 heavy (non-hydrogen) atoms. The Balaban J connectivity index is 3.33. The Morgan fingerprint density at radius 1 is 0.618 bits per heavy atom. The Labute approximate surface area is 176 Å². The van der Waals surface area contributed by atoms with E-state index in [1.807, 2.05) is 0 Å². The van der Waals surface area contributed by atoms with Gasteiger partial charge in [-0.15, -0.1) is 0 Å². The minimum atomic E-state index is -8.71. The molecule has 2 unspecified atom stereocenters. The van der Waals surface area contributed by atoms with Crippen LogP contribution >= 0.6 is 0 Å². The highest BCUT2D eigenvalue weighted by molar-refractivity contribution is 5.15. The maximum Gasteiger partial charge on any atom is 0.460 e. The van der Waals surface area contributed by atoms with Crippen molar-refractivity contribution < 1.29 is 88.5 Å². The first-order valence-corrected chi connectivity index (χ1v) is 8.31. The first kappa shape index (κ1) is 30.7. The van der Waals surface area contributed by atoms with E-state index >= 15 is 0 Å². The third-order valence-corrected chi connectivity index (χ3v) is 4.46. The van der Waals surface area contributed by atoms with Gasteiger partial charge in [-0.25, -0.2) is 4.39 Å². The molecule has 2 nitrogen and oxygen atoms in total. The molecule has 0 spiro atoms. The summed E-state index contributed by atoms with van der Waals surface area (Å²) in [4.78, 5) is 0. The molecular formula is C14H10F18O2. The molecule has 1 aliphatic heterocycles. The summed E-state index contributed by atoms with van der Waals surface area (Å²) < 4.78 is 244. The topological polar surface area (TPSA) is 18.5 Å². The molecule has 20 heteroatoms. The van der Waals surface area contributed by atoms with Gasteiger partial charge in [0.2, 0.25) is 6.36 Å². The Morgan fingerprint density at radius 3 is 1.29 bits per heavy atom. The molecule has 0 N–H and O–H groups in total. The van der Waals surface area contributed by atoms with Crippen LogP contribution in [0.15, 0.2) is 0 Å². The second-order valence-electron chi connectivity index (χ2n) is 6.88. The van der Waals surface area contributed by atoms with Gasteiger partial charge in [-0.05, 0) is 6.42 Å². The van der Waals surface area contributed by atoms with Gasteiger partial charge in [0.15, 0.2) is 0 Å². The molecular weight excluding hydrogens is 542 g/mol. The maximum absolute atomic E-state index is 13.5. The van der Waals surface area contributed by atoms with Crippen LogP contribution in [0, 0.1) is 0 Å². The Bertz CT molecular complexity index is 710. The summed E-state index contributed by atoms with van der Waals surface area (Å²) in [5.41, 5.74) is 0. The summed E-state index contributed by atoms with van der Waals surface area (Å²) in [6, 6.07) is 0.